The van der Waals surface area contributed by atoms with E-state index in [4.69, 9.17) is 0 Å². The first-order valence-corrected chi connectivity index (χ1v) is 7.24. The molecule has 1 aliphatic heterocycles. The fraction of sp³-hybridized carbons (Fsp3) is 0.375. The Morgan fingerprint density at radius 3 is 2.75 bits per heavy atom. The molecule has 0 radical (unpaired) electrons. The second-order valence-electron chi connectivity index (χ2n) is 5.18. The average molecular weight is 269 g/mol. The van der Waals surface area contributed by atoms with Crippen molar-refractivity contribution in [1.29, 1.82) is 0 Å². The number of fused-ring (bicyclic) bond motifs is 1. The van der Waals surface area contributed by atoms with Crippen molar-refractivity contribution in [3.05, 3.63) is 42.4 Å². The standard InChI is InChI=1S/C16H19N3O/c20-16(18-10-4-1-2-5-11-18)9-8-14-13-17-15-7-3-6-12-19(14)15/h3,6-9,12-13H,1-2,4-5,10-11H2/b9-8+. The molecular formula is C16H19N3O. The van der Waals surface area contributed by atoms with E-state index in [-0.39, 0.29) is 5.91 Å². The lowest BCUT2D eigenvalue weighted by molar-refractivity contribution is -0.125. The van der Waals surface area contributed by atoms with Crippen molar-refractivity contribution in [1.82, 2.24) is 14.3 Å². The molecule has 0 aliphatic carbocycles. The van der Waals surface area contributed by atoms with Crippen LogP contribution in [0.2, 0.25) is 0 Å². The number of hydrogen-bond acceptors (Lipinski definition) is 2. The Morgan fingerprint density at radius 2 is 1.95 bits per heavy atom. The predicted molar refractivity (Wildman–Crippen MR) is 79.3 cm³/mol. The van der Waals surface area contributed by atoms with Crippen LogP contribution in [0.3, 0.4) is 0 Å². The van der Waals surface area contributed by atoms with E-state index in [2.05, 4.69) is 4.98 Å². The molecule has 0 spiro atoms. The van der Waals surface area contributed by atoms with Crippen molar-refractivity contribution in [3.63, 3.8) is 0 Å². The van der Waals surface area contributed by atoms with E-state index in [0.717, 1.165) is 37.3 Å². The van der Waals surface area contributed by atoms with Crippen molar-refractivity contribution in [2.75, 3.05) is 13.1 Å². The smallest absolute Gasteiger partial charge is 0.246 e. The van der Waals surface area contributed by atoms with Crippen LogP contribution in [-0.4, -0.2) is 33.3 Å². The Balaban J connectivity index is 1.74. The van der Waals surface area contributed by atoms with Crippen LogP contribution in [0.15, 0.2) is 36.7 Å². The van der Waals surface area contributed by atoms with E-state index in [0.29, 0.717) is 0 Å². The summed E-state index contributed by atoms with van der Waals surface area (Å²) >= 11 is 0. The number of carbonyl (C=O) groups excluding carboxylic acids is 1. The third-order valence-corrected chi connectivity index (χ3v) is 3.76. The zero-order valence-electron chi connectivity index (χ0n) is 11.5. The minimum atomic E-state index is 0.109. The van der Waals surface area contributed by atoms with E-state index in [1.807, 2.05) is 39.8 Å². The lowest BCUT2D eigenvalue weighted by atomic mass is 10.2. The van der Waals surface area contributed by atoms with Crippen LogP contribution in [0.25, 0.3) is 11.7 Å². The van der Waals surface area contributed by atoms with Gasteiger partial charge >= 0.3 is 0 Å². The maximum absolute atomic E-state index is 12.2. The number of pyridine rings is 1. The highest BCUT2D eigenvalue weighted by molar-refractivity contribution is 5.91. The van der Waals surface area contributed by atoms with Gasteiger partial charge in [0.15, 0.2) is 0 Å². The van der Waals surface area contributed by atoms with Crippen molar-refractivity contribution in [3.8, 4) is 0 Å². The molecule has 2 aromatic rings. The molecule has 4 nitrogen and oxygen atoms in total. The molecule has 1 amide bonds. The Bertz CT molecular complexity index is 621. The molecule has 0 saturated carbocycles. The van der Waals surface area contributed by atoms with Crippen LogP contribution in [0.5, 0.6) is 0 Å². The molecule has 0 atom stereocenters. The SMILES string of the molecule is O=C(/C=C/c1cnc2ccccn12)N1CCCCCC1. The highest BCUT2D eigenvalue weighted by atomic mass is 16.2. The predicted octanol–water partition coefficient (Wildman–Crippen LogP) is 2.75. The van der Waals surface area contributed by atoms with Gasteiger partial charge in [-0.3, -0.25) is 4.79 Å². The van der Waals surface area contributed by atoms with Gasteiger partial charge < -0.3 is 9.30 Å². The molecule has 20 heavy (non-hydrogen) atoms. The van der Waals surface area contributed by atoms with Gasteiger partial charge in [0, 0.05) is 25.4 Å². The van der Waals surface area contributed by atoms with Gasteiger partial charge in [0.25, 0.3) is 0 Å². The normalized spacial score (nSPS) is 16.7. The summed E-state index contributed by atoms with van der Waals surface area (Å²) in [5.41, 5.74) is 1.83. The average Bonchev–Trinajstić information content (AvgIpc) is 2.70. The summed E-state index contributed by atoms with van der Waals surface area (Å²) in [6.45, 7) is 1.77. The lowest BCUT2D eigenvalue weighted by Crippen LogP contribution is -2.30. The topological polar surface area (TPSA) is 37.6 Å². The maximum Gasteiger partial charge on any atom is 0.246 e. The molecule has 2 aromatic heterocycles. The van der Waals surface area contributed by atoms with Gasteiger partial charge in [-0.05, 0) is 31.1 Å². The number of aromatic nitrogens is 2. The first kappa shape index (κ1) is 12.9. The molecule has 3 rings (SSSR count). The Morgan fingerprint density at radius 1 is 1.15 bits per heavy atom. The fourth-order valence-corrected chi connectivity index (χ4v) is 2.63. The van der Waals surface area contributed by atoms with Gasteiger partial charge in [-0.2, -0.15) is 0 Å². The number of hydrogen-bond donors (Lipinski definition) is 0. The molecular weight excluding hydrogens is 250 g/mol. The van der Waals surface area contributed by atoms with Crippen molar-refractivity contribution in [2.45, 2.75) is 25.7 Å². The van der Waals surface area contributed by atoms with E-state index in [1.54, 1.807) is 12.3 Å². The quantitative estimate of drug-likeness (QED) is 0.786. The highest BCUT2D eigenvalue weighted by Crippen LogP contribution is 2.11. The molecule has 0 unspecified atom stereocenters. The molecule has 0 N–H and O–H groups in total. The summed E-state index contributed by atoms with van der Waals surface area (Å²) in [7, 11) is 0. The van der Waals surface area contributed by atoms with Gasteiger partial charge in [-0.25, -0.2) is 4.98 Å². The van der Waals surface area contributed by atoms with Crippen LogP contribution in [0, 0.1) is 0 Å². The van der Waals surface area contributed by atoms with E-state index >= 15 is 0 Å². The fourth-order valence-electron chi connectivity index (χ4n) is 2.63. The molecule has 0 aromatic carbocycles. The van der Waals surface area contributed by atoms with Crippen molar-refractivity contribution >= 4 is 17.6 Å². The third-order valence-electron chi connectivity index (χ3n) is 3.76. The second-order valence-corrected chi connectivity index (χ2v) is 5.18. The zero-order chi connectivity index (χ0) is 13.8. The Kier molecular flexibility index (Phi) is 3.81. The molecule has 4 heteroatoms. The summed E-state index contributed by atoms with van der Waals surface area (Å²) in [6, 6.07) is 5.87. The van der Waals surface area contributed by atoms with E-state index < -0.39 is 0 Å². The molecule has 1 saturated heterocycles. The van der Waals surface area contributed by atoms with Gasteiger partial charge in [0.1, 0.15) is 5.65 Å². The Labute approximate surface area is 118 Å². The zero-order valence-corrected chi connectivity index (χ0v) is 11.5. The summed E-state index contributed by atoms with van der Waals surface area (Å²) in [5, 5.41) is 0. The van der Waals surface area contributed by atoms with Crippen LogP contribution in [-0.2, 0) is 4.79 Å². The van der Waals surface area contributed by atoms with Crippen molar-refractivity contribution in [2.24, 2.45) is 0 Å². The summed E-state index contributed by atoms with van der Waals surface area (Å²) in [5.74, 6) is 0.109. The van der Waals surface area contributed by atoms with E-state index in [1.165, 1.54) is 12.8 Å². The molecule has 1 aliphatic rings. The molecule has 3 heterocycles. The maximum atomic E-state index is 12.2. The number of likely N-dealkylation sites (tertiary alicyclic amines) is 1. The van der Waals surface area contributed by atoms with Gasteiger partial charge in [0.2, 0.25) is 5.91 Å². The summed E-state index contributed by atoms with van der Waals surface area (Å²) in [4.78, 5) is 18.5. The van der Waals surface area contributed by atoms with Crippen molar-refractivity contribution < 1.29 is 4.79 Å². The number of nitrogens with zero attached hydrogens (tertiary/aromatic N) is 3. The Hall–Kier alpha value is -2.10. The van der Waals surface area contributed by atoms with Crippen LogP contribution < -0.4 is 0 Å². The van der Waals surface area contributed by atoms with Crippen LogP contribution in [0.1, 0.15) is 31.4 Å². The lowest BCUT2D eigenvalue weighted by Gasteiger charge is -2.17. The minimum absolute atomic E-state index is 0.109. The third kappa shape index (κ3) is 2.74. The second kappa shape index (κ2) is 5.90. The number of rotatable bonds is 2. The first-order valence-electron chi connectivity index (χ1n) is 7.24. The van der Waals surface area contributed by atoms with Crippen LogP contribution >= 0.6 is 0 Å². The minimum Gasteiger partial charge on any atom is -0.339 e. The molecule has 0 bridgehead atoms. The molecule has 1 fully saturated rings. The monoisotopic (exact) mass is 269 g/mol. The number of imidazole rings is 1. The number of carbonyl (C=O) groups is 1. The largest absolute Gasteiger partial charge is 0.339 e. The summed E-state index contributed by atoms with van der Waals surface area (Å²) in [6.07, 6.45) is 12.0. The summed E-state index contributed by atoms with van der Waals surface area (Å²) < 4.78 is 1.98. The van der Waals surface area contributed by atoms with E-state index in [9.17, 15) is 4.79 Å². The number of amides is 1. The van der Waals surface area contributed by atoms with Gasteiger partial charge in [-0.15, -0.1) is 0 Å². The molecule has 104 valence electrons. The highest BCUT2D eigenvalue weighted by Gasteiger charge is 2.12. The van der Waals surface area contributed by atoms with Gasteiger partial charge in [0.05, 0.1) is 11.9 Å². The van der Waals surface area contributed by atoms with Crippen LogP contribution in [0.4, 0.5) is 0 Å². The first-order chi connectivity index (χ1) is 9.84. The van der Waals surface area contributed by atoms with Gasteiger partial charge in [-0.1, -0.05) is 18.9 Å².